The van der Waals surface area contributed by atoms with Crippen LogP contribution in [0.1, 0.15) is 117 Å². The third kappa shape index (κ3) is 10.1. The van der Waals surface area contributed by atoms with Crippen molar-refractivity contribution < 1.29 is 62.0 Å². The van der Waals surface area contributed by atoms with Crippen LogP contribution in [0.25, 0.3) is 0 Å². The first-order chi connectivity index (χ1) is 28.0. The van der Waals surface area contributed by atoms with Crippen LogP contribution >= 0.6 is 34.8 Å². The Balaban J connectivity index is 0.00000190. The van der Waals surface area contributed by atoms with Gasteiger partial charge in [-0.1, -0.05) is 78.9 Å². The van der Waals surface area contributed by atoms with E-state index in [1.165, 1.54) is 14.0 Å². The molecule has 0 saturated carbocycles. The number of esters is 4. The van der Waals surface area contributed by atoms with Gasteiger partial charge in [0.1, 0.15) is 11.5 Å². The fraction of sp³-hybridized carbons (Fsp3) is 0.605. The Morgan fingerprint density at radius 1 is 0.867 bits per heavy atom. The molecular weight excluding hydrogens is 845 g/mol. The first-order valence-corrected chi connectivity index (χ1v) is 21.0. The summed E-state index contributed by atoms with van der Waals surface area (Å²) in [5, 5.41) is 3.20. The number of hydrogen-bond acceptors (Lipinski definition) is 13. The van der Waals surface area contributed by atoms with Crippen LogP contribution in [0.3, 0.4) is 0 Å². The molecule has 1 N–H and O–H groups in total. The Morgan fingerprint density at radius 3 is 1.97 bits per heavy atom. The minimum atomic E-state index is -1.73. The number of Topliss-reactive ketones (excluding diaryl/α,β-unsaturated/α-hetero) is 2. The molecule has 1 aromatic carbocycles. The van der Waals surface area contributed by atoms with Gasteiger partial charge in [-0.2, -0.15) is 0 Å². The van der Waals surface area contributed by atoms with Crippen molar-refractivity contribution in [3.8, 4) is 17.2 Å². The summed E-state index contributed by atoms with van der Waals surface area (Å²) in [4.78, 5) is 95.6. The number of ketones is 2. The van der Waals surface area contributed by atoms with Crippen LogP contribution in [-0.2, 0) is 47.8 Å². The van der Waals surface area contributed by atoms with Crippen molar-refractivity contribution in [2.45, 2.75) is 124 Å². The number of alkyl halides is 3. The Morgan fingerprint density at radius 2 is 1.43 bits per heavy atom. The molecule has 1 spiro atoms. The molecule has 14 nitrogen and oxygen atoms in total. The average Bonchev–Trinajstić information content (AvgIpc) is 3.64. The lowest BCUT2D eigenvalue weighted by atomic mass is 9.53. The molecular formula is C43H54Cl3NO13. The summed E-state index contributed by atoms with van der Waals surface area (Å²) < 4.78 is 34.0. The number of halogens is 3. The van der Waals surface area contributed by atoms with Crippen molar-refractivity contribution in [3.63, 3.8) is 0 Å². The maximum atomic E-state index is 16.1. The van der Waals surface area contributed by atoms with E-state index in [0.717, 1.165) is 31.9 Å². The Labute approximate surface area is 365 Å². The van der Waals surface area contributed by atoms with Crippen molar-refractivity contribution in [2.75, 3.05) is 7.11 Å². The third-order valence-corrected chi connectivity index (χ3v) is 11.5. The molecule has 1 amide bonds. The highest BCUT2D eigenvalue weighted by atomic mass is 35.6. The molecule has 0 unspecified atom stereocenters. The molecule has 2 heterocycles. The van der Waals surface area contributed by atoms with Gasteiger partial charge in [-0.25, -0.2) is 0 Å². The molecule has 60 heavy (non-hydrogen) atoms. The van der Waals surface area contributed by atoms with Crippen molar-refractivity contribution >= 4 is 76.2 Å². The van der Waals surface area contributed by atoms with E-state index in [4.69, 9.17) is 63.2 Å². The number of allylic oxidation sites excluding steroid dienone is 4. The number of rotatable bonds is 8. The minimum Gasteiger partial charge on any atom is -0.455 e. The smallest absolute Gasteiger partial charge is 0.308 e. The normalized spacial score (nSPS) is 29.6. The van der Waals surface area contributed by atoms with Gasteiger partial charge in [-0.05, 0) is 51.9 Å². The van der Waals surface area contributed by atoms with Crippen molar-refractivity contribution in [1.82, 2.24) is 5.32 Å². The minimum absolute atomic E-state index is 0.0331. The quantitative estimate of drug-likeness (QED) is 0.0883. The first kappa shape index (κ1) is 48.8. The summed E-state index contributed by atoms with van der Waals surface area (Å²) in [5.74, 6) is -8.69. The van der Waals surface area contributed by atoms with Gasteiger partial charge in [0.15, 0.2) is 39.8 Å². The van der Waals surface area contributed by atoms with E-state index in [1.807, 2.05) is 46.8 Å². The molecule has 2 aliphatic heterocycles. The Kier molecular flexibility index (Phi) is 16.2. The second kappa shape index (κ2) is 19.9. The van der Waals surface area contributed by atoms with E-state index in [0.29, 0.717) is 12.8 Å². The second-order valence-corrected chi connectivity index (χ2v) is 18.2. The maximum absolute atomic E-state index is 16.1. The van der Waals surface area contributed by atoms with E-state index < -0.39 is 99.5 Å². The first-order valence-electron chi connectivity index (χ1n) is 19.7. The van der Waals surface area contributed by atoms with Gasteiger partial charge in [0.25, 0.3) is 0 Å². The van der Waals surface area contributed by atoms with E-state index in [1.54, 1.807) is 6.92 Å². The Bertz CT molecular complexity index is 1970. The topological polar surface area (TPSA) is 187 Å². The summed E-state index contributed by atoms with van der Waals surface area (Å²) in [7, 11) is 1.34. The van der Waals surface area contributed by atoms with Gasteiger partial charge in [0, 0.05) is 75.8 Å². The highest BCUT2D eigenvalue weighted by molar-refractivity contribution is 6.63. The number of benzene rings is 1. The third-order valence-electron chi connectivity index (χ3n) is 11.5. The van der Waals surface area contributed by atoms with E-state index in [2.05, 4.69) is 5.32 Å². The summed E-state index contributed by atoms with van der Waals surface area (Å²) in [6, 6.07) is -0.388. The van der Waals surface area contributed by atoms with Gasteiger partial charge in [-0.15, -0.1) is 0 Å². The van der Waals surface area contributed by atoms with Crippen LogP contribution in [0.5, 0.6) is 17.2 Å². The van der Waals surface area contributed by atoms with Crippen LogP contribution in [0.4, 0.5) is 0 Å². The lowest BCUT2D eigenvalue weighted by molar-refractivity contribution is -0.173. The van der Waals surface area contributed by atoms with E-state index in [-0.39, 0.29) is 52.5 Å². The number of hydrogen-bond donors (Lipinski definition) is 1. The Hall–Kier alpha value is -3.82. The number of carbonyl (C=O) groups is 7. The van der Waals surface area contributed by atoms with E-state index >= 15 is 4.79 Å². The van der Waals surface area contributed by atoms with Crippen molar-refractivity contribution in [3.05, 3.63) is 40.0 Å². The molecule has 1 aromatic rings. The average molecular weight is 899 g/mol. The van der Waals surface area contributed by atoms with Gasteiger partial charge in [0.05, 0.1) is 5.92 Å². The fourth-order valence-corrected chi connectivity index (χ4v) is 9.29. The van der Waals surface area contributed by atoms with Crippen LogP contribution in [0.2, 0.25) is 0 Å². The molecule has 1 saturated heterocycles. The van der Waals surface area contributed by atoms with Crippen LogP contribution < -0.4 is 19.5 Å². The zero-order valence-electron chi connectivity index (χ0n) is 35.7. The van der Waals surface area contributed by atoms with Gasteiger partial charge in [-0.3, -0.25) is 33.6 Å². The lowest BCUT2D eigenvalue weighted by Crippen LogP contribution is -2.55. The molecule has 5 rings (SSSR count). The van der Waals surface area contributed by atoms with Gasteiger partial charge < -0.3 is 33.7 Å². The molecule has 0 bridgehead atoms. The standard InChI is InChI=1S/C42H53NO13.CHCl3/c1-18(2)14-29-34-21(5)20(4)16-27-15-19(3)12-13-31(52-23(7)44)30(48)17-28(39(49)42(27,34)41(50)43-29)36-33-32(40(51-11)56-36)22(6)35(53-24(8)45)38(55-26(10)47)37(33)54-25(9)46;2-1(3)4/h15-16,18,21,27-29,31,34,36,40H,12-14,17H2,1-11H3,(H,43,50);1H/b19-15+;/t21-,27+,28+,29+,31-,34+,36-,40+,42+;/m1./s1. The number of ether oxygens (including phenoxy) is 6. The number of carbonyl (C=O) groups excluding carboxylic acids is 7. The summed E-state index contributed by atoms with van der Waals surface area (Å²) in [6.45, 7) is 16.0. The second-order valence-electron chi connectivity index (χ2n) is 16.2. The highest BCUT2D eigenvalue weighted by Crippen LogP contribution is 2.61. The summed E-state index contributed by atoms with van der Waals surface area (Å²) in [5.41, 5.74) is 0.532. The zero-order valence-corrected chi connectivity index (χ0v) is 38.0. The number of nitrogens with one attached hydrogen (secondary N) is 1. The highest BCUT2D eigenvalue weighted by Gasteiger charge is 2.67. The zero-order chi connectivity index (χ0) is 45.1. The SMILES string of the molecule is CO[C@H]1O[C@H]([C@@H]2CC(=O)[C@H](OC(C)=O)CC/C(C)=C/[C@H]3C=C(C)[C@@H](C)[C@H]4[C@H](CC(C)C)NC(=O)[C@]43C2=O)c2c(OC(C)=O)c(OC(C)=O)c(OC(C)=O)c(C)c21.ClC(Cl)Cl. The van der Waals surface area contributed by atoms with Gasteiger partial charge >= 0.3 is 23.9 Å². The fourth-order valence-electron chi connectivity index (χ4n) is 9.29. The molecule has 17 heteroatoms. The molecule has 9 atom stereocenters. The predicted octanol–water partition coefficient (Wildman–Crippen LogP) is 7.65. The van der Waals surface area contributed by atoms with E-state index in [9.17, 15) is 28.8 Å². The monoisotopic (exact) mass is 897 g/mol. The largest absolute Gasteiger partial charge is 0.455 e. The maximum Gasteiger partial charge on any atom is 0.308 e. The molecule has 330 valence electrons. The number of methoxy groups -OCH3 is 1. The predicted molar refractivity (Wildman–Crippen MR) is 220 cm³/mol. The van der Waals surface area contributed by atoms with Crippen molar-refractivity contribution in [1.29, 1.82) is 0 Å². The summed E-state index contributed by atoms with van der Waals surface area (Å²) >= 11 is 14.4. The summed E-state index contributed by atoms with van der Waals surface area (Å²) in [6.07, 6.45) is 0.395. The lowest BCUT2D eigenvalue weighted by Gasteiger charge is -2.46. The molecule has 1 fully saturated rings. The molecule has 4 aliphatic rings. The van der Waals surface area contributed by atoms with Crippen molar-refractivity contribution in [2.24, 2.45) is 35.0 Å². The van der Waals surface area contributed by atoms with Crippen LogP contribution in [0, 0.1) is 41.9 Å². The molecule has 0 radical (unpaired) electrons. The number of amides is 1. The molecule has 0 aromatic heterocycles. The van der Waals surface area contributed by atoms with Crippen LogP contribution in [0.15, 0.2) is 23.3 Å². The van der Waals surface area contributed by atoms with Gasteiger partial charge in [0.2, 0.25) is 11.7 Å². The van der Waals surface area contributed by atoms with Crippen LogP contribution in [-0.4, -0.2) is 64.9 Å². The molecule has 2 aliphatic carbocycles. The number of fused-ring (bicyclic) bond motifs is 1.